The van der Waals surface area contributed by atoms with Crippen molar-refractivity contribution in [3.8, 4) is 0 Å². The van der Waals surface area contributed by atoms with Gasteiger partial charge in [-0.2, -0.15) is 0 Å². The van der Waals surface area contributed by atoms with Crippen molar-refractivity contribution in [2.75, 3.05) is 13.2 Å². The molecule has 1 saturated heterocycles. The lowest BCUT2D eigenvalue weighted by molar-refractivity contribution is 0.0497. The van der Waals surface area contributed by atoms with Crippen molar-refractivity contribution in [3.05, 3.63) is 0 Å². The van der Waals surface area contributed by atoms with E-state index in [0.717, 1.165) is 13.2 Å². The summed E-state index contributed by atoms with van der Waals surface area (Å²) in [5.41, 5.74) is 0.981. The molecule has 1 aliphatic heterocycles. The average molecular weight is 239 g/mol. The van der Waals surface area contributed by atoms with Crippen LogP contribution in [0.25, 0.3) is 0 Å². The molecule has 1 aliphatic carbocycles. The van der Waals surface area contributed by atoms with Crippen LogP contribution in [0.5, 0.6) is 0 Å². The quantitative estimate of drug-likeness (QED) is 0.798. The van der Waals surface area contributed by atoms with Crippen LogP contribution in [0.3, 0.4) is 0 Å². The summed E-state index contributed by atoms with van der Waals surface area (Å²) in [6.07, 6.45) is 6.39. The van der Waals surface area contributed by atoms with Gasteiger partial charge in [-0.3, -0.25) is 0 Å². The maximum atomic E-state index is 5.43. The van der Waals surface area contributed by atoms with Gasteiger partial charge in [0.25, 0.3) is 0 Å². The molecule has 0 unspecified atom stereocenters. The fraction of sp³-hybridized carbons (Fsp3) is 1.00. The van der Waals surface area contributed by atoms with E-state index in [4.69, 9.17) is 4.74 Å². The largest absolute Gasteiger partial charge is 0.381 e. The zero-order valence-electron chi connectivity index (χ0n) is 12.0. The normalized spacial score (nSPS) is 30.4. The van der Waals surface area contributed by atoms with Crippen LogP contribution >= 0.6 is 0 Å². The molecular formula is C15H29NO. The molecule has 0 atom stereocenters. The Labute approximate surface area is 107 Å². The highest BCUT2D eigenvalue weighted by Crippen LogP contribution is 2.45. The number of ether oxygens (including phenoxy) is 1. The molecule has 0 radical (unpaired) electrons. The third-order valence-corrected chi connectivity index (χ3v) is 4.25. The second-order valence-electron chi connectivity index (χ2n) is 7.66. The highest BCUT2D eigenvalue weighted by Gasteiger charge is 2.38. The van der Waals surface area contributed by atoms with Gasteiger partial charge in [-0.25, -0.2) is 0 Å². The molecule has 0 aromatic carbocycles. The average Bonchev–Trinajstić information content (AvgIpc) is 2.13. The standard InChI is InChI=1S/C15H29NO/c1-14(2)9-13(10-15(3,4)11-14)16-12-5-7-17-8-6-12/h12-13,16H,5-11H2,1-4H3. The molecule has 1 heterocycles. The van der Waals surface area contributed by atoms with Crippen LogP contribution in [-0.2, 0) is 4.74 Å². The molecule has 2 rings (SSSR count). The van der Waals surface area contributed by atoms with Gasteiger partial charge in [0, 0.05) is 25.3 Å². The van der Waals surface area contributed by atoms with E-state index in [1.807, 2.05) is 0 Å². The summed E-state index contributed by atoms with van der Waals surface area (Å²) in [7, 11) is 0. The number of nitrogens with one attached hydrogen (secondary N) is 1. The van der Waals surface area contributed by atoms with Crippen molar-refractivity contribution in [1.82, 2.24) is 5.32 Å². The van der Waals surface area contributed by atoms with E-state index >= 15 is 0 Å². The highest BCUT2D eigenvalue weighted by molar-refractivity contribution is 4.93. The van der Waals surface area contributed by atoms with Gasteiger partial charge in [-0.05, 0) is 42.9 Å². The van der Waals surface area contributed by atoms with E-state index in [-0.39, 0.29) is 0 Å². The maximum Gasteiger partial charge on any atom is 0.0480 e. The summed E-state index contributed by atoms with van der Waals surface area (Å²) in [5, 5.41) is 3.89. The van der Waals surface area contributed by atoms with Crippen LogP contribution in [0.4, 0.5) is 0 Å². The Kier molecular flexibility index (Phi) is 3.84. The molecule has 0 spiro atoms. The number of rotatable bonds is 2. The first kappa shape index (κ1) is 13.4. The van der Waals surface area contributed by atoms with Crippen LogP contribution in [0, 0.1) is 10.8 Å². The van der Waals surface area contributed by atoms with E-state index in [2.05, 4.69) is 33.0 Å². The minimum Gasteiger partial charge on any atom is -0.381 e. The van der Waals surface area contributed by atoms with Gasteiger partial charge in [-0.1, -0.05) is 27.7 Å². The van der Waals surface area contributed by atoms with Gasteiger partial charge >= 0.3 is 0 Å². The maximum absolute atomic E-state index is 5.43. The van der Waals surface area contributed by atoms with Gasteiger partial charge in [0.05, 0.1) is 0 Å². The number of hydrogen-bond acceptors (Lipinski definition) is 2. The Morgan fingerprint density at radius 1 is 0.882 bits per heavy atom. The molecule has 0 amide bonds. The number of hydrogen-bond donors (Lipinski definition) is 1. The first-order chi connectivity index (χ1) is 7.86. The smallest absolute Gasteiger partial charge is 0.0480 e. The fourth-order valence-electron chi connectivity index (χ4n) is 4.16. The Morgan fingerprint density at radius 3 is 1.94 bits per heavy atom. The summed E-state index contributed by atoms with van der Waals surface area (Å²) in [6, 6.07) is 1.40. The first-order valence-electron chi connectivity index (χ1n) is 7.20. The summed E-state index contributed by atoms with van der Waals surface area (Å²) in [5.74, 6) is 0. The molecule has 0 bridgehead atoms. The molecule has 0 aromatic rings. The van der Waals surface area contributed by atoms with Crippen LogP contribution in [-0.4, -0.2) is 25.3 Å². The molecule has 2 heteroatoms. The molecule has 100 valence electrons. The Balaban J connectivity index is 1.91. The first-order valence-corrected chi connectivity index (χ1v) is 7.20. The predicted octanol–water partition coefficient (Wildman–Crippen LogP) is 3.36. The molecule has 2 fully saturated rings. The second kappa shape index (κ2) is 4.89. The van der Waals surface area contributed by atoms with Crippen molar-refractivity contribution in [2.24, 2.45) is 10.8 Å². The van der Waals surface area contributed by atoms with Crippen molar-refractivity contribution in [2.45, 2.75) is 71.9 Å². The molecule has 17 heavy (non-hydrogen) atoms. The lowest BCUT2D eigenvalue weighted by Crippen LogP contribution is -2.48. The lowest BCUT2D eigenvalue weighted by atomic mass is 9.63. The topological polar surface area (TPSA) is 21.3 Å². The third-order valence-electron chi connectivity index (χ3n) is 4.25. The minimum absolute atomic E-state index is 0.491. The second-order valence-corrected chi connectivity index (χ2v) is 7.66. The minimum atomic E-state index is 0.491. The van der Waals surface area contributed by atoms with E-state index in [1.54, 1.807) is 0 Å². The molecule has 0 aromatic heterocycles. The molecular weight excluding hydrogens is 210 g/mol. The predicted molar refractivity (Wildman–Crippen MR) is 72.2 cm³/mol. The van der Waals surface area contributed by atoms with E-state index in [0.29, 0.717) is 22.9 Å². The SMILES string of the molecule is CC1(C)CC(NC2CCOCC2)CC(C)(C)C1. The molecule has 2 nitrogen and oxygen atoms in total. The Bertz CT molecular complexity index is 238. The summed E-state index contributed by atoms with van der Waals surface area (Å²) in [6.45, 7) is 11.6. The Morgan fingerprint density at radius 2 is 1.41 bits per heavy atom. The zero-order chi connectivity index (χ0) is 12.5. The lowest BCUT2D eigenvalue weighted by Gasteiger charge is -2.46. The van der Waals surface area contributed by atoms with Crippen LogP contribution in [0.15, 0.2) is 0 Å². The molecule has 2 aliphatic rings. The van der Waals surface area contributed by atoms with Crippen molar-refractivity contribution in [1.29, 1.82) is 0 Å². The Hall–Kier alpha value is -0.0800. The fourth-order valence-corrected chi connectivity index (χ4v) is 4.16. The van der Waals surface area contributed by atoms with Crippen molar-refractivity contribution >= 4 is 0 Å². The van der Waals surface area contributed by atoms with Gasteiger partial charge < -0.3 is 10.1 Å². The third kappa shape index (κ3) is 3.96. The van der Waals surface area contributed by atoms with Crippen molar-refractivity contribution < 1.29 is 4.74 Å². The van der Waals surface area contributed by atoms with E-state index < -0.39 is 0 Å². The zero-order valence-corrected chi connectivity index (χ0v) is 12.0. The van der Waals surface area contributed by atoms with Gasteiger partial charge in [0.15, 0.2) is 0 Å². The van der Waals surface area contributed by atoms with Gasteiger partial charge in [0.2, 0.25) is 0 Å². The van der Waals surface area contributed by atoms with Crippen LogP contribution in [0.2, 0.25) is 0 Å². The van der Waals surface area contributed by atoms with Crippen LogP contribution in [0.1, 0.15) is 59.8 Å². The van der Waals surface area contributed by atoms with Crippen LogP contribution < -0.4 is 5.32 Å². The highest BCUT2D eigenvalue weighted by atomic mass is 16.5. The summed E-state index contributed by atoms with van der Waals surface area (Å²) < 4.78 is 5.43. The summed E-state index contributed by atoms with van der Waals surface area (Å²) in [4.78, 5) is 0. The summed E-state index contributed by atoms with van der Waals surface area (Å²) >= 11 is 0. The van der Waals surface area contributed by atoms with E-state index in [1.165, 1.54) is 32.1 Å². The molecule has 1 saturated carbocycles. The van der Waals surface area contributed by atoms with Gasteiger partial charge in [0.1, 0.15) is 0 Å². The van der Waals surface area contributed by atoms with E-state index in [9.17, 15) is 0 Å². The molecule has 1 N–H and O–H groups in total. The monoisotopic (exact) mass is 239 g/mol. The van der Waals surface area contributed by atoms with Gasteiger partial charge in [-0.15, -0.1) is 0 Å². The van der Waals surface area contributed by atoms with Crippen molar-refractivity contribution in [3.63, 3.8) is 0 Å².